The molecule has 33 heavy (non-hydrogen) atoms. The third-order valence-corrected chi connectivity index (χ3v) is 5.61. The molecule has 0 aromatic heterocycles. The molecule has 0 aliphatic heterocycles. The monoisotopic (exact) mass is 448 g/mol. The van der Waals surface area contributed by atoms with E-state index >= 15 is 0 Å². The summed E-state index contributed by atoms with van der Waals surface area (Å²) in [6.45, 7) is 6.38. The molecule has 1 unspecified atom stereocenters. The summed E-state index contributed by atoms with van der Waals surface area (Å²) in [6.07, 6.45) is 11.9. The van der Waals surface area contributed by atoms with Gasteiger partial charge < -0.3 is 9.47 Å². The number of rotatable bonds is 14. The normalized spacial score (nSPS) is 11.4. The van der Waals surface area contributed by atoms with Gasteiger partial charge in [0.15, 0.2) is 0 Å². The Morgan fingerprint density at radius 1 is 0.848 bits per heavy atom. The Balaban J connectivity index is 1.69. The summed E-state index contributed by atoms with van der Waals surface area (Å²) in [5.74, 6) is 7.03. The molecule has 0 radical (unpaired) electrons. The van der Waals surface area contributed by atoms with Gasteiger partial charge in [0.25, 0.3) is 0 Å². The van der Waals surface area contributed by atoms with E-state index in [4.69, 9.17) is 9.47 Å². The first-order chi connectivity index (χ1) is 16.1. The van der Waals surface area contributed by atoms with Crippen molar-refractivity contribution in [2.24, 2.45) is 0 Å². The van der Waals surface area contributed by atoms with Gasteiger partial charge in [-0.3, -0.25) is 4.79 Å². The Bertz CT molecular complexity index is 856. The number of carbonyl (C=O) groups excluding carboxylic acids is 1. The lowest BCUT2D eigenvalue weighted by atomic mass is 10.0. The zero-order valence-corrected chi connectivity index (χ0v) is 20.7. The second-order valence-corrected chi connectivity index (χ2v) is 8.69. The van der Waals surface area contributed by atoms with Gasteiger partial charge in [0, 0.05) is 18.9 Å². The molecule has 178 valence electrons. The van der Waals surface area contributed by atoms with E-state index in [1.807, 2.05) is 19.1 Å². The molecular weight excluding hydrogens is 408 g/mol. The van der Waals surface area contributed by atoms with Crippen molar-refractivity contribution < 1.29 is 14.3 Å². The maximum Gasteiger partial charge on any atom is 0.302 e. The van der Waals surface area contributed by atoms with Gasteiger partial charge in [0.1, 0.15) is 5.75 Å². The van der Waals surface area contributed by atoms with Gasteiger partial charge >= 0.3 is 5.97 Å². The molecule has 0 spiro atoms. The van der Waals surface area contributed by atoms with Crippen LogP contribution < -0.4 is 4.74 Å². The van der Waals surface area contributed by atoms with Crippen LogP contribution in [0.5, 0.6) is 5.75 Å². The van der Waals surface area contributed by atoms with Gasteiger partial charge in [0.2, 0.25) is 0 Å². The van der Waals surface area contributed by atoms with Crippen LogP contribution in [0.15, 0.2) is 48.5 Å². The van der Waals surface area contributed by atoms with Crippen molar-refractivity contribution >= 4 is 5.97 Å². The number of hydrogen-bond acceptors (Lipinski definition) is 3. The van der Waals surface area contributed by atoms with Crippen molar-refractivity contribution in [3.63, 3.8) is 0 Å². The molecular formula is C30H40O3. The minimum absolute atomic E-state index is 0.0913. The van der Waals surface area contributed by atoms with E-state index in [1.54, 1.807) is 0 Å². The molecule has 3 heteroatoms. The Morgan fingerprint density at radius 2 is 1.42 bits per heavy atom. The van der Waals surface area contributed by atoms with Crippen LogP contribution in [0.25, 0.3) is 11.1 Å². The van der Waals surface area contributed by atoms with Crippen LogP contribution in [0.2, 0.25) is 0 Å². The van der Waals surface area contributed by atoms with Crippen molar-refractivity contribution in [3.8, 4) is 28.7 Å². The van der Waals surface area contributed by atoms with Crippen LogP contribution in [0.1, 0.15) is 90.5 Å². The summed E-state index contributed by atoms with van der Waals surface area (Å²) in [5.41, 5.74) is 3.33. The van der Waals surface area contributed by atoms with Crippen molar-refractivity contribution in [2.75, 3.05) is 6.61 Å². The first-order valence-corrected chi connectivity index (χ1v) is 12.6. The van der Waals surface area contributed by atoms with E-state index in [1.165, 1.54) is 63.0 Å². The predicted octanol–water partition coefficient (Wildman–Crippen LogP) is 7.96. The molecule has 0 amide bonds. The maximum absolute atomic E-state index is 10.9. The minimum atomic E-state index is -0.242. The molecule has 0 fully saturated rings. The summed E-state index contributed by atoms with van der Waals surface area (Å²) in [7, 11) is 0. The molecule has 0 aliphatic carbocycles. The molecule has 0 N–H and O–H groups in total. The van der Waals surface area contributed by atoms with Gasteiger partial charge in [-0.2, -0.15) is 0 Å². The molecule has 2 aromatic carbocycles. The van der Waals surface area contributed by atoms with Crippen LogP contribution in [-0.2, 0) is 9.53 Å². The molecule has 1 atom stereocenters. The number of benzene rings is 2. The molecule has 0 heterocycles. The number of ether oxygens (including phenoxy) is 2. The van der Waals surface area contributed by atoms with E-state index < -0.39 is 0 Å². The van der Waals surface area contributed by atoms with Crippen molar-refractivity contribution in [3.05, 3.63) is 54.1 Å². The van der Waals surface area contributed by atoms with E-state index in [9.17, 15) is 4.79 Å². The highest BCUT2D eigenvalue weighted by Gasteiger charge is 2.03. The second kappa shape index (κ2) is 16.0. The highest BCUT2D eigenvalue weighted by atomic mass is 16.5. The number of hydrogen-bond donors (Lipinski definition) is 0. The van der Waals surface area contributed by atoms with Crippen LogP contribution >= 0.6 is 0 Å². The molecule has 0 saturated carbocycles. The summed E-state index contributed by atoms with van der Waals surface area (Å²) in [4.78, 5) is 10.9. The van der Waals surface area contributed by atoms with Crippen molar-refractivity contribution in [1.82, 2.24) is 0 Å². The van der Waals surface area contributed by atoms with E-state index in [0.717, 1.165) is 30.8 Å². The fraction of sp³-hybridized carbons (Fsp3) is 0.500. The fourth-order valence-electron chi connectivity index (χ4n) is 3.70. The lowest BCUT2D eigenvalue weighted by molar-refractivity contribution is -0.145. The van der Waals surface area contributed by atoms with Crippen LogP contribution in [-0.4, -0.2) is 18.7 Å². The van der Waals surface area contributed by atoms with E-state index in [0.29, 0.717) is 6.42 Å². The van der Waals surface area contributed by atoms with Crippen LogP contribution in [0, 0.1) is 11.8 Å². The Morgan fingerprint density at radius 3 is 2.03 bits per heavy atom. The number of carbonyl (C=O) groups is 1. The summed E-state index contributed by atoms with van der Waals surface area (Å²) >= 11 is 0. The average molecular weight is 449 g/mol. The molecule has 2 aromatic rings. The van der Waals surface area contributed by atoms with Crippen molar-refractivity contribution in [1.29, 1.82) is 0 Å². The molecule has 0 bridgehead atoms. The molecule has 3 nitrogen and oxygen atoms in total. The van der Waals surface area contributed by atoms with Gasteiger partial charge in [-0.15, -0.1) is 0 Å². The Kier molecular flexibility index (Phi) is 12.8. The predicted molar refractivity (Wildman–Crippen MR) is 137 cm³/mol. The summed E-state index contributed by atoms with van der Waals surface area (Å²) in [5, 5.41) is 0. The van der Waals surface area contributed by atoms with Crippen LogP contribution in [0.4, 0.5) is 0 Å². The first-order valence-electron chi connectivity index (χ1n) is 12.6. The topological polar surface area (TPSA) is 35.5 Å². The van der Waals surface area contributed by atoms with E-state index in [-0.39, 0.29) is 12.1 Å². The fourth-order valence-corrected chi connectivity index (χ4v) is 3.70. The van der Waals surface area contributed by atoms with Gasteiger partial charge in [-0.05, 0) is 55.2 Å². The second-order valence-electron chi connectivity index (χ2n) is 8.69. The zero-order valence-electron chi connectivity index (χ0n) is 20.7. The summed E-state index contributed by atoms with van der Waals surface area (Å²) < 4.78 is 11.0. The molecule has 2 rings (SSSR count). The van der Waals surface area contributed by atoms with Crippen molar-refractivity contribution in [2.45, 2.75) is 91.1 Å². The van der Waals surface area contributed by atoms with Gasteiger partial charge in [0.05, 0.1) is 12.7 Å². The third-order valence-electron chi connectivity index (χ3n) is 5.61. The smallest absolute Gasteiger partial charge is 0.302 e. The Labute approximate surface area is 200 Å². The first kappa shape index (κ1) is 26.5. The zero-order chi connectivity index (χ0) is 23.7. The van der Waals surface area contributed by atoms with Gasteiger partial charge in [-0.1, -0.05) is 88.0 Å². The van der Waals surface area contributed by atoms with Gasteiger partial charge in [-0.25, -0.2) is 0 Å². The third kappa shape index (κ3) is 11.6. The Hall–Kier alpha value is -2.73. The lowest BCUT2D eigenvalue weighted by Crippen LogP contribution is -2.11. The largest absolute Gasteiger partial charge is 0.494 e. The van der Waals surface area contributed by atoms with Crippen LogP contribution in [0.3, 0.4) is 0 Å². The quantitative estimate of drug-likeness (QED) is 0.167. The summed E-state index contributed by atoms with van der Waals surface area (Å²) in [6, 6.07) is 16.6. The highest BCUT2D eigenvalue weighted by Crippen LogP contribution is 2.23. The highest BCUT2D eigenvalue weighted by molar-refractivity contribution is 5.66. The number of unbranched alkanes of at least 4 members (excludes halogenated alkanes) is 7. The molecule has 0 aliphatic rings. The van der Waals surface area contributed by atoms with E-state index in [2.05, 4.69) is 55.2 Å². The maximum atomic E-state index is 10.9. The number of esters is 1. The minimum Gasteiger partial charge on any atom is -0.494 e. The molecule has 0 saturated heterocycles. The SMILES string of the molecule is CCCCCCCCCCOc1ccc(-c2ccc(C#CCCC(C)OC(C)=O)cc2)cc1. The lowest BCUT2D eigenvalue weighted by Gasteiger charge is -2.08. The average Bonchev–Trinajstić information content (AvgIpc) is 2.81. The standard InChI is InChI=1S/C30H40O3/c1-4-5-6-7-8-9-10-13-24-32-30-22-20-29(21-23-30)28-18-16-27(17-19-28)15-12-11-14-25(2)33-26(3)31/h16-23,25H,4-11,13-14,24H2,1-3H3.